The Morgan fingerprint density at radius 1 is 0.905 bits per heavy atom. The average molecular weight is 290 g/mol. The molecule has 2 atom stereocenters. The van der Waals surface area contributed by atoms with Gasteiger partial charge in [-0.1, -0.05) is 30.3 Å². The Balaban J connectivity index is 2.40. The Hall–Kier alpha value is -2.08. The van der Waals surface area contributed by atoms with E-state index in [2.05, 4.69) is 0 Å². The van der Waals surface area contributed by atoms with E-state index in [-0.39, 0.29) is 5.75 Å². The highest BCUT2D eigenvalue weighted by Gasteiger charge is 2.30. The molecule has 0 radical (unpaired) electrons. The van der Waals surface area contributed by atoms with Gasteiger partial charge in [-0.3, -0.25) is 0 Å². The van der Waals surface area contributed by atoms with Crippen LogP contribution in [0.3, 0.4) is 0 Å². The summed E-state index contributed by atoms with van der Waals surface area (Å²) in [4.78, 5) is 0. The van der Waals surface area contributed by atoms with Crippen molar-refractivity contribution < 1.29 is 25.2 Å². The molecule has 0 fully saturated rings. The lowest BCUT2D eigenvalue weighted by atomic mass is 9.88. The summed E-state index contributed by atoms with van der Waals surface area (Å²) in [6.07, 6.45) is -2.92. The van der Waals surface area contributed by atoms with E-state index in [1.54, 1.807) is 24.3 Å². The van der Waals surface area contributed by atoms with Gasteiger partial charge in [-0.15, -0.1) is 0 Å². The quantitative estimate of drug-likeness (QED) is 0.627. The number of hydrogen-bond donors (Lipinski definition) is 4. The summed E-state index contributed by atoms with van der Waals surface area (Å²) in [6, 6.07) is 12.8. The first-order valence-electron chi connectivity index (χ1n) is 6.50. The fourth-order valence-corrected chi connectivity index (χ4v) is 2.32. The predicted molar refractivity (Wildman–Crippen MR) is 77.0 cm³/mol. The van der Waals surface area contributed by atoms with E-state index in [1.165, 1.54) is 31.4 Å². The number of para-hydroxylation sites is 1. The standard InChI is InChI=1S/C16H18O5/c1-21-13-5-3-2-4-12(13)15(18)14(16(19)20)10-6-8-11(17)9-7-10/h2-9,14-20H,1H3. The van der Waals surface area contributed by atoms with E-state index in [0.29, 0.717) is 16.9 Å². The van der Waals surface area contributed by atoms with Crippen LogP contribution in [0.4, 0.5) is 0 Å². The highest BCUT2D eigenvalue weighted by Crippen LogP contribution is 2.37. The molecule has 4 N–H and O–H groups in total. The molecule has 2 unspecified atom stereocenters. The van der Waals surface area contributed by atoms with Crippen molar-refractivity contribution in [3.63, 3.8) is 0 Å². The third kappa shape index (κ3) is 3.33. The minimum Gasteiger partial charge on any atom is -0.508 e. The van der Waals surface area contributed by atoms with Gasteiger partial charge >= 0.3 is 0 Å². The van der Waals surface area contributed by atoms with Crippen molar-refractivity contribution in [3.05, 3.63) is 59.7 Å². The van der Waals surface area contributed by atoms with Crippen LogP contribution in [-0.2, 0) is 0 Å². The van der Waals surface area contributed by atoms with Gasteiger partial charge in [0, 0.05) is 5.56 Å². The maximum absolute atomic E-state index is 10.5. The first-order chi connectivity index (χ1) is 10.0. The van der Waals surface area contributed by atoms with Crippen LogP contribution in [0.25, 0.3) is 0 Å². The number of phenols is 1. The molecule has 0 aliphatic carbocycles. The number of aromatic hydroxyl groups is 1. The fourth-order valence-electron chi connectivity index (χ4n) is 2.32. The van der Waals surface area contributed by atoms with Crippen LogP contribution in [0.15, 0.2) is 48.5 Å². The van der Waals surface area contributed by atoms with Crippen LogP contribution in [0, 0.1) is 0 Å². The van der Waals surface area contributed by atoms with Crippen LogP contribution in [-0.4, -0.2) is 33.8 Å². The smallest absolute Gasteiger partial charge is 0.161 e. The third-order valence-corrected chi connectivity index (χ3v) is 3.40. The summed E-state index contributed by atoms with van der Waals surface area (Å²) >= 11 is 0. The lowest BCUT2D eigenvalue weighted by Crippen LogP contribution is -2.24. The first kappa shape index (κ1) is 15.3. The number of aliphatic hydroxyl groups is 3. The molecule has 0 saturated carbocycles. The summed E-state index contributed by atoms with van der Waals surface area (Å²) in [6.45, 7) is 0. The number of benzene rings is 2. The molecule has 0 aliphatic heterocycles. The van der Waals surface area contributed by atoms with Crippen LogP contribution in [0.1, 0.15) is 23.1 Å². The maximum Gasteiger partial charge on any atom is 0.161 e. The zero-order valence-corrected chi connectivity index (χ0v) is 11.5. The number of phenolic OH excluding ortho intramolecular Hbond substituents is 1. The molecule has 0 bridgehead atoms. The van der Waals surface area contributed by atoms with Crippen molar-refractivity contribution in [3.8, 4) is 11.5 Å². The number of ether oxygens (including phenoxy) is 1. The molecule has 0 aromatic heterocycles. The number of aliphatic hydroxyl groups excluding tert-OH is 2. The number of methoxy groups -OCH3 is 1. The second-order valence-corrected chi connectivity index (χ2v) is 4.72. The third-order valence-electron chi connectivity index (χ3n) is 3.40. The molecule has 2 rings (SSSR count). The monoisotopic (exact) mass is 290 g/mol. The topological polar surface area (TPSA) is 90.2 Å². The lowest BCUT2D eigenvalue weighted by Gasteiger charge is -2.26. The predicted octanol–water partition coefficient (Wildman–Crippen LogP) is 1.53. The van der Waals surface area contributed by atoms with E-state index in [0.717, 1.165) is 0 Å². The molecule has 0 heterocycles. The van der Waals surface area contributed by atoms with E-state index < -0.39 is 18.3 Å². The molecule has 0 amide bonds. The zero-order chi connectivity index (χ0) is 15.4. The summed E-state index contributed by atoms with van der Waals surface area (Å²) in [5.74, 6) is -0.423. The fraction of sp³-hybridized carbons (Fsp3) is 0.250. The van der Waals surface area contributed by atoms with E-state index >= 15 is 0 Å². The summed E-state index contributed by atoms with van der Waals surface area (Å²) in [7, 11) is 1.48. The van der Waals surface area contributed by atoms with Crippen molar-refractivity contribution in [2.75, 3.05) is 7.11 Å². The van der Waals surface area contributed by atoms with Crippen LogP contribution in [0.2, 0.25) is 0 Å². The normalized spacial score (nSPS) is 14.0. The van der Waals surface area contributed by atoms with E-state index in [1.807, 2.05) is 0 Å². The molecule has 5 nitrogen and oxygen atoms in total. The molecule has 0 aliphatic rings. The lowest BCUT2D eigenvalue weighted by molar-refractivity contribution is -0.0902. The molecule has 0 saturated heterocycles. The molecular formula is C16H18O5. The Kier molecular flexibility index (Phi) is 4.80. The van der Waals surface area contributed by atoms with Gasteiger partial charge in [-0.05, 0) is 23.8 Å². The molecule has 2 aromatic carbocycles. The van der Waals surface area contributed by atoms with Gasteiger partial charge in [0.1, 0.15) is 11.5 Å². The summed E-state index contributed by atoms with van der Waals surface area (Å²) in [5, 5.41) is 39.1. The van der Waals surface area contributed by atoms with Crippen molar-refractivity contribution in [1.82, 2.24) is 0 Å². The van der Waals surface area contributed by atoms with Crippen LogP contribution in [0.5, 0.6) is 11.5 Å². The van der Waals surface area contributed by atoms with Gasteiger partial charge in [0.25, 0.3) is 0 Å². The van der Waals surface area contributed by atoms with Crippen molar-refractivity contribution in [2.45, 2.75) is 18.3 Å². The Morgan fingerprint density at radius 2 is 1.52 bits per heavy atom. The number of rotatable bonds is 5. The largest absolute Gasteiger partial charge is 0.508 e. The SMILES string of the molecule is COc1ccccc1C(O)C(c1ccc(O)cc1)C(O)O. The van der Waals surface area contributed by atoms with Crippen molar-refractivity contribution in [2.24, 2.45) is 0 Å². The van der Waals surface area contributed by atoms with Gasteiger partial charge in [-0.2, -0.15) is 0 Å². The van der Waals surface area contributed by atoms with Crippen LogP contribution < -0.4 is 4.74 Å². The summed E-state index contributed by atoms with van der Waals surface area (Å²) < 4.78 is 5.19. The molecule has 2 aromatic rings. The van der Waals surface area contributed by atoms with Gasteiger partial charge < -0.3 is 25.2 Å². The van der Waals surface area contributed by atoms with Gasteiger partial charge in [0.15, 0.2) is 6.29 Å². The van der Waals surface area contributed by atoms with Gasteiger partial charge in [-0.25, -0.2) is 0 Å². The molecule has 112 valence electrons. The van der Waals surface area contributed by atoms with Crippen molar-refractivity contribution in [1.29, 1.82) is 0 Å². The zero-order valence-electron chi connectivity index (χ0n) is 11.5. The second-order valence-electron chi connectivity index (χ2n) is 4.72. The first-order valence-corrected chi connectivity index (χ1v) is 6.50. The van der Waals surface area contributed by atoms with Gasteiger partial charge in [0.2, 0.25) is 0 Å². The molecule has 21 heavy (non-hydrogen) atoms. The number of hydrogen-bond acceptors (Lipinski definition) is 5. The Labute approximate surface area is 122 Å². The van der Waals surface area contributed by atoms with Crippen LogP contribution >= 0.6 is 0 Å². The summed E-state index contributed by atoms with van der Waals surface area (Å²) in [5.41, 5.74) is 0.965. The molecule has 0 spiro atoms. The second kappa shape index (κ2) is 6.58. The minimum absolute atomic E-state index is 0.0664. The Bertz CT molecular complexity index is 579. The maximum atomic E-state index is 10.5. The van der Waals surface area contributed by atoms with Crippen molar-refractivity contribution >= 4 is 0 Å². The van der Waals surface area contributed by atoms with Gasteiger partial charge in [0.05, 0.1) is 19.1 Å². The molecular weight excluding hydrogens is 272 g/mol. The van der Waals surface area contributed by atoms with E-state index in [9.17, 15) is 20.4 Å². The highest BCUT2D eigenvalue weighted by atomic mass is 16.5. The Morgan fingerprint density at radius 3 is 2.10 bits per heavy atom. The van der Waals surface area contributed by atoms with E-state index in [4.69, 9.17) is 4.74 Å². The highest BCUT2D eigenvalue weighted by molar-refractivity contribution is 5.38. The molecule has 5 heteroatoms. The average Bonchev–Trinajstić information content (AvgIpc) is 2.49. The minimum atomic E-state index is -1.76.